The van der Waals surface area contributed by atoms with E-state index in [1.807, 2.05) is 18.2 Å². The standard InChI is InChI=1S/C75H64F3N3/c1-40-22-45(6)71(46(7)23-40)53-14-18-60-61-19-15-54(72-47(8)24-41(2)25-48(72)9)34-67(61)80(66(60)33-53)65-38-64(57-30-44(5)31-59(32-57)75(76,77)78)70(37-58(65)39-79)81-68-35-55(73-49(10)26-42(3)27-50(73)11)16-20-62(68)63-21-17-56(36-69(63)81)74-51(12)28-43(4)29-52(74)13/h14-38H,1-13H3. The molecule has 10 aromatic carbocycles. The fraction of sp³-hybridized carbons (Fsp3) is 0.187. The molecule has 0 radical (unpaired) electrons. The van der Waals surface area contributed by atoms with Crippen molar-refractivity contribution in [2.24, 2.45) is 0 Å². The van der Waals surface area contributed by atoms with Gasteiger partial charge in [-0.05, 0) is 239 Å². The Labute approximate surface area is 473 Å². The molecule has 0 fully saturated rings. The van der Waals surface area contributed by atoms with Crippen molar-refractivity contribution in [2.45, 2.75) is 96.2 Å². The Balaban J connectivity index is 1.25. The van der Waals surface area contributed by atoms with Crippen molar-refractivity contribution < 1.29 is 13.2 Å². The van der Waals surface area contributed by atoms with Crippen LogP contribution in [0.4, 0.5) is 13.2 Å². The van der Waals surface area contributed by atoms with Crippen molar-refractivity contribution in [1.82, 2.24) is 9.13 Å². The number of nitriles is 1. The van der Waals surface area contributed by atoms with Crippen LogP contribution in [0.3, 0.4) is 0 Å². The van der Waals surface area contributed by atoms with Crippen molar-refractivity contribution in [1.29, 1.82) is 5.26 Å². The number of aromatic nitrogens is 2. The third-order valence-electron chi connectivity index (χ3n) is 16.8. The average molecular weight is 1060 g/mol. The van der Waals surface area contributed by atoms with Gasteiger partial charge in [0.05, 0.1) is 44.6 Å². The van der Waals surface area contributed by atoms with E-state index < -0.39 is 11.7 Å². The Morgan fingerprint density at radius 1 is 0.321 bits per heavy atom. The lowest BCUT2D eigenvalue weighted by Crippen LogP contribution is -2.07. The molecular formula is C75H64F3N3. The topological polar surface area (TPSA) is 33.6 Å². The van der Waals surface area contributed by atoms with E-state index in [0.29, 0.717) is 33.6 Å². The van der Waals surface area contributed by atoms with Crippen LogP contribution in [0, 0.1) is 101 Å². The lowest BCUT2D eigenvalue weighted by molar-refractivity contribution is -0.137. The van der Waals surface area contributed by atoms with Gasteiger partial charge in [-0.2, -0.15) is 18.4 Å². The van der Waals surface area contributed by atoms with Crippen LogP contribution in [0.15, 0.2) is 152 Å². The number of aryl methyl sites for hydroxylation is 13. The molecule has 0 unspecified atom stereocenters. The highest BCUT2D eigenvalue weighted by atomic mass is 19.4. The number of alkyl halides is 3. The summed E-state index contributed by atoms with van der Waals surface area (Å²) >= 11 is 0. The van der Waals surface area contributed by atoms with Gasteiger partial charge in [0.1, 0.15) is 6.07 Å². The Kier molecular flexibility index (Phi) is 12.6. The van der Waals surface area contributed by atoms with Gasteiger partial charge in [0.2, 0.25) is 0 Å². The van der Waals surface area contributed by atoms with Crippen molar-refractivity contribution in [3.05, 3.63) is 235 Å². The first-order valence-electron chi connectivity index (χ1n) is 27.8. The molecule has 12 aromatic rings. The van der Waals surface area contributed by atoms with Gasteiger partial charge < -0.3 is 9.13 Å². The third-order valence-corrected chi connectivity index (χ3v) is 16.8. The molecule has 0 spiro atoms. The van der Waals surface area contributed by atoms with Gasteiger partial charge in [-0.3, -0.25) is 0 Å². The van der Waals surface area contributed by atoms with Crippen LogP contribution in [0.2, 0.25) is 0 Å². The smallest absolute Gasteiger partial charge is 0.309 e. The Morgan fingerprint density at radius 3 is 0.914 bits per heavy atom. The molecule has 0 aliphatic heterocycles. The number of benzene rings is 10. The van der Waals surface area contributed by atoms with Crippen LogP contribution < -0.4 is 0 Å². The van der Waals surface area contributed by atoms with Crippen LogP contribution >= 0.6 is 0 Å². The zero-order valence-corrected chi connectivity index (χ0v) is 48.4. The van der Waals surface area contributed by atoms with E-state index >= 15 is 13.2 Å². The van der Waals surface area contributed by atoms with Gasteiger partial charge >= 0.3 is 6.18 Å². The summed E-state index contributed by atoms with van der Waals surface area (Å²) in [4.78, 5) is 0. The SMILES string of the molecule is Cc1cc(-c2cc(-n3c4cc(-c5c(C)cc(C)cc5C)ccc4c4ccc(-c5c(C)cc(C)cc5C)cc43)c(C#N)cc2-n2c3cc(-c4c(C)cc(C)cc4C)ccc3c3ccc(-c4c(C)cc(C)cc4C)cc32)cc(C(F)(F)F)c1. The predicted octanol–water partition coefficient (Wildman–Crippen LogP) is 21.1. The number of hydrogen-bond donors (Lipinski definition) is 0. The Morgan fingerprint density at radius 2 is 0.617 bits per heavy atom. The van der Waals surface area contributed by atoms with E-state index in [0.717, 1.165) is 133 Å². The summed E-state index contributed by atoms with van der Waals surface area (Å²) in [6, 6.07) is 55.0. The molecule has 0 saturated carbocycles. The molecule has 6 heteroatoms. The highest BCUT2D eigenvalue weighted by molar-refractivity contribution is 6.14. The largest absolute Gasteiger partial charge is 0.416 e. The zero-order chi connectivity index (χ0) is 57.2. The van der Waals surface area contributed by atoms with Gasteiger partial charge in [-0.25, -0.2) is 0 Å². The first-order valence-corrected chi connectivity index (χ1v) is 27.8. The molecule has 0 bridgehead atoms. The van der Waals surface area contributed by atoms with Crippen molar-refractivity contribution in [3.8, 4) is 73.1 Å². The Hall–Kier alpha value is -8.92. The monoisotopic (exact) mass is 1060 g/mol. The highest BCUT2D eigenvalue weighted by Gasteiger charge is 2.32. The summed E-state index contributed by atoms with van der Waals surface area (Å²) in [5.41, 5.74) is 28.3. The second kappa shape index (κ2) is 19.4. The number of rotatable bonds is 7. The van der Waals surface area contributed by atoms with E-state index in [1.165, 1.54) is 34.4 Å². The third kappa shape index (κ3) is 8.91. The molecule has 81 heavy (non-hydrogen) atoms. The lowest BCUT2D eigenvalue weighted by atomic mass is 9.92. The first-order chi connectivity index (χ1) is 38.6. The van der Waals surface area contributed by atoms with Crippen LogP contribution in [-0.2, 0) is 6.18 Å². The predicted molar refractivity (Wildman–Crippen MR) is 334 cm³/mol. The van der Waals surface area contributed by atoms with Gasteiger partial charge in [0.15, 0.2) is 0 Å². The molecule has 0 atom stereocenters. The fourth-order valence-electron chi connectivity index (χ4n) is 14.1. The summed E-state index contributed by atoms with van der Waals surface area (Å²) in [5, 5.41) is 15.8. The molecule has 400 valence electrons. The first kappa shape index (κ1) is 52.8. The van der Waals surface area contributed by atoms with E-state index in [2.05, 4.69) is 220 Å². The normalized spacial score (nSPS) is 11.9. The molecule has 0 N–H and O–H groups in total. The number of fused-ring (bicyclic) bond motifs is 6. The minimum Gasteiger partial charge on any atom is -0.309 e. The molecule has 0 aliphatic rings. The van der Waals surface area contributed by atoms with Gasteiger partial charge in [-0.15, -0.1) is 0 Å². The molecule has 0 saturated heterocycles. The summed E-state index contributed by atoms with van der Waals surface area (Å²) in [6.45, 7) is 27.4. The van der Waals surface area contributed by atoms with E-state index in [9.17, 15) is 5.26 Å². The second-order valence-corrected chi connectivity index (χ2v) is 23.3. The van der Waals surface area contributed by atoms with Crippen LogP contribution in [0.25, 0.3) is 111 Å². The summed E-state index contributed by atoms with van der Waals surface area (Å²) < 4.78 is 50.2. The van der Waals surface area contributed by atoms with Crippen molar-refractivity contribution >= 4 is 43.6 Å². The number of hydrogen-bond acceptors (Lipinski definition) is 1. The molecule has 3 nitrogen and oxygen atoms in total. The molecule has 12 rings (SSSR count). The number of halogens is 3. The molecule has 0 aliphatic carbocycles. The van der Waals surface area contributed by atoms with Gasteiger partial charge in [0, 0.05) is 27.1 Å². The van der Waals surface area contributed by atoms with Gasteiger partial charge in [0.25, 0.3) is 0 Å². The Bertz CT molecular complexity index is 4400. The maximum Gasteiger partial charge on any atom is 0.416 e. The van der Waals surface area contributed by atoms with Gasteiger partial charge in [-0.1, -0.05) is 125 Å². The summed E-state index contributed by atoms with van der Waals surface area (Å²) in [7, 11) is 0. The minimum absolute atomic E-state index is 0.371. The van der Waals surface area contributed by atoms with Crippen LogP contribution in [0.5, 0.6) is 0 Å². The minimum atomic E-state index is -4.63. The zero-order valence-electron chi connectivity index (χ0n) is 48.4. The summed E-state index contributed by atoms with van der Waals surface area (Å²) in [5.74, 6) is 0. The molecule has 2 aromatic heterocycles. The van der Waals surface area contributed by atoms with Crippen LogP contribution in [-0.4, -0.2) is 9.13 Å². The molecule has 0 amide bonds. The van der Waals surface area contributed by atoms with Crippen molar-refractivity contribution in [2.75, 3.05) is 0 Å². The summed E-state index contributed by atoms with van der Waals surface area (Å²) in [6.07, 6.45) is -4.63. The van der Waals surface area contributed by atoms with E-state index in [4.69, 9.17) is 0 Å². The fourth-order valence-corrected chi connectivity index (χ4v) is 14.1. The second-order valence-electron chi connectivity index (χ2n) is 23.3. The molecular weight excluding hydrogens is 1000 g/mol. The van der Waals surface area contributed by atoms with Crippen molar-refractivity contribution in [3.63, 3.8) is 0 Å². The quantitative estimate of drug-likeness (QED) is 0.157. The lowest BCUT2D eigenvalue weighted by Gasteiger charge is -2.21. The maximum atomic E-state index is 15.3. The van der Waals surface area contributed by atoms with E-state index in [-0.39, 0.29) is 0 Å². The van der Waals surface area contributed by atoms with E-state index in [1.54, 1.807) is 6.92 Å². The number of nitrogens with zero attached hydrogens (tertiary/aromatic N) is 3. The highest BCUT2D eigenvalue weighted by Crippen LogP contribution is 2.46. The maximum absolute atomic E-state index is 15.3. The average Bonchev–Trinajstić information content (AvgIpc) is 3.98. The molecule has 2 heterocycles. The van der Waals surface area contributed by atoms with Crippen LogP contribution in [0.1, 0.15) is 83.5 Å².